The molecule has 1 aliphatic rings. The van der Waals surface area contributed by atoms with Crippen LogP contribution in [0.1, 0.15) is 23.6 Å². The molecule has 1 aromatic rings. The van der Waals surface area contributed by atoms with E-state index in [9.17, 15) is 0 Å². The van der Waals surface area contributed by atoms with Crippen LogP contribution in [0, 0.1) is 12.3 Å². The zero-order valence-electron chi connectivity index (χ0n) is 9.02. The quantitative estimate of drug-likeness (QED) is 0.584. The van der Waals surface area contributed by atoms with Crippen LogP contribution >= 0.6 is 0 Å². The summed E-state index contributed by atoms with van der Waals surface area (Å²) in [6.45, 7) is 0.416. The monoisotopic (exact) mass is 217 g/mol. The third-order valence-corrected chi connectivity index (χ3v) is 2.58. The molecule has 3 heteroatoms. The van der Waals surface area contributed by atoms with Crippen molar-refractivity contribution in [3.63, 3.8) is 0 Å². The number of fused-ring (bicyclic) bond motifs is 1. The highest BCUT2D eigenvalue weighted by Gasteiger charge is 2.20. The molecule has 16 heavy (non-hydrogen) atoms. The molecule has 0 heterocycles. The number of carboxylic acid groups (broad SMARTS) is 1. The average Bonchev–Trinajstić information content (AvgIpc) is 2.71. The van der Waals surface area contributed by atoms with Crippen molar-refractivity contribution in [2.24, 2.45) is 0 Å². The van der Waals surface area contributed by atoms with Gasteiger partial charge in [-0.2, -0.15) is 0 Å². The molecule has 0 spiro atoms. The molecule has 0 unspecified atom stereocenters. The van der Waals surface area contributed by atoms with E-state index in [1.54, 1.807) is 0 Å². The normalized spacial score (nSPS) is 16.6. The smallest absolute Gasteiger partial charge is 0.290 e. The minimum atomic E-state index is -0.250. The number of benzene rings is 1. The van der Waals surface area contributed by atoms with Crippen LogP contribution in [0.5, 0.6) is 0 Å². The lowest BCUT2D eigenvalue weighted by Crippen LogP contribution is -2.19. The maximum Gasteiger partial charge on any atom is 0.290 e. The minimum absolute atomic E-state index is 0.250. The highest BCUT2D eigenvalue weighted by atomic mass is 16.3. The lowest BCUT2D eigenvalue weighted by molar-refractivity contribution is -0.122. The third kappa shape index (κ3) is 3.11. The first kappa shape index (κ1) is 12.3. The number of hydrogen-bond donors (Lipinski definition) is 2. The lowest BCUT2D eigenvalue weighted by atomic mass is 10.1. The summed E-state index contributed by atoms with van der Waals surface area (Å²) in [5.74, 6) is 2.61. The van der Waals surface area contributed by atoms with Crippen LogP contribution in [0.4, 0.5) is 0 Å². The van der Waals surface area contributed by atoms with Gasteiger partial charge in [-0.25, -0.2) is 0 Å². The molecule has 2 N–H and O–H groups in total. The predicted octanol–water partition coefficient (Wildman–Crippen LogP) is 1.60. The molecule has 0 amide bonds. The number of rotatable bonds is 2. The molecule has 0 saturated heterocycles. The second-order valence-electron chi connectivity index (χ2n) is 3.48. The van der Waals surface area contributed by atoms with Crippen molar-refractivity contribution < 1.29 is 9.90 Å². The molecule has 0 fully saturated rings. The van der Waals surface area contributed by atoms with Gasteiger partial charge in [-0.3, -0.25) is 10.1 Å². The van der Waals surface area contributed by atoms with Crippen molar-refractivity contribution in [2.45, 2.75) is 18.9 Å². The molecule has 0 saturated carbocycles. The summed E-state index contributed by atoms with van der Waals surface area (Å²) in [5.41, 5.74) is 2.90. The van der Waals surface area contributed by atoms with E-state index in [1.165, 1.54) is 24.0 Å². The third-order valence-electron chi connectivity index (χ3n) is 2.58. The van der Waals surface area contributed by atoms with Crippen LogP contribution in [-0.4, -0.2) is 18.1 Å². The Kier molecular flexibility index (Phi) is 5.10. The number of nitrogens with one attached hydrogen (secondary N) is 1. The van der Waals surface area contributed by atoms with Gasteiger partial charge in [-0.15, -0.1) is 6.42 Å². The van der Waals surface area contributed by atoms with Gasteiger partial charge in [0.05, 0.1) is 6.54 Å². The van der Waals surface area contributed by atoms with Crippen molar-refractivity contribution in [3.8, 4) is 12.3 Å². The molecule has 1 aromatic carbocycles. The fourth-order valence-electron chi connectivity index (χ4n) is 1.95. The molecular formula is C13H15NO2. The maximum absolute atomic E-state index is 8.36. The number of terminal acetylenes is 1. The van der Waals surface area contributed by atoms with E-state index in [0.717, 1.165) is 0 Å². The summed E-state index contributed by atoms with van der Waals surface area (Å²) in [7, 11) is 0. The van der Waals surface area contributed by atoms with Gasteiger partial charge in [0.25, 0.3) is 6.47 Å². The van der Waals surface area contributed by atoms with Crippen molar-refractivity contribution in [3.05, 3.63) is 35.4 Å². The van der Waals surface area contributed by atoms with Gasteiger partial charge in [0.15, 0.2) is 0 Å². The Labute approximate surface area is 95.5 Å². The standard InChI is InChI=1S/C12H13N.CH2O2/c1-2-9-13-12-8-7-10-5-3-4-6-11(10)12;2-1-3/h1,3-6,12-13H,7-9H2;1H,(H,2,3)/t12-;/m0./s1. The van der Waals surface area contributed by atoms with Crippen molar-refractivity contribution in [1.29, 1.82) is 0 Å². The second-order valence-corrected chi connectivity index (χ2v) is 3.48. The van der Waals surface area contributed by atoms with Gasteiger partial charge in [0, 0.05) is 6.04 Å². The van der Waals surface area contributed by atoms with Crippen LogP contribution in [0.2, 0.25) is 0 Å². The molecule has 84 valence electrons. The average molecular weight is 217 g/mol. The highest BCUT2D eigenvalue weighted by molar-refractivity contribution is 5.34. The number of carbonyl (C=O) groups is 1. The lowest BCUT2D eigenvalue weighted by Gasteiger charge is -2.10. The first-order chi connectivity index (χ1) is 7.83. The summed E-state index contributed by atoms with van der Waals surface area (Å²) in [5, 5.41) is 10.2. The topological polar surface area (TPSA) is 49.3 Å². The van der Waals surface area contributed by atoms with Gasteiger partial charge in [-0.05, 0) is 24.0 Å². The fraction of sp³-hybridized carbons (Fsp3) is 0.308. The fourth-order valence-corrected chi connectivity index (χ4v) is 1.95. The Morgan fingerprint density at radius 3 is 2.94 bits per heavy atom. The SMILES string of the molecule is C#CCN[C@H]1CCc2ccccc21.O=CO. The first-order valence-electron chi connectivity index (χ1n) is 5.16. The molecule has 0 bridgehead atoms. The maximum atomic E-state index is 8.36. The van der Waals surface area contributed by atoms with Crippen LogP contribution in [0.3, 0.4) is 0 Å². The van der Waals surface area contributed by atoms with Crippen molar-refractivity contribution in [2.75, 3.05) is 6.54 Å². The number of aryl methyl sites for hydroxylation is 1. The minimum Gasteiger partial charge on any atom is -0.483 e. The van der Waals surface area contributed by atoms with Crippen molar-refractivity contribution in [1.82, 2.24) is 5.32 Å². The molecule has 0 aliphatic heterocycles. The van der Waals surface area contributed by atoms with Crippen molar-refractivity contribution >= 4 is 6.47 Å². The highest BCUT2D eigenvalue weighted by Crippen LogP contribution is 2.30. The largest absolute Gasteiger partial charge is 0.483 e. The molecular weight excluding hydrogens is 202 g/mol. The molecule has 0 aromatic heterocycles. The Morgan fingerprint density at radius 2 is 2.25 bits per heavy atom. The van der Waals surface area contributed by atoms with Crippen LogP contribution in [0.15, 0.2) is 24.3 Å². The second kappa shape index (κ2) is 6.65. The van der Waals surface area contributed by atoms with E-state index in [0.29, 0.717) is 12.6 Å². The summed E-state index contributed by atoms with van der Waals surface area (Å²) in [6.07, 6.45) is 7.57. The molecule has 1 aliphatic carbocycles. The van der Waals surface area contributed by atoms with Gasteiger partial charge < -0.3 is 5.11 Å². The Balaban J connectivity index is 0.000000386. The van der Waals surface area contributed by atoms with E-state index in [1.807, 2.05) is 0 Å². The van der Waals surface area contributed by atoms with E-state index < -0.39 is 0 Å². The zero-order valence-corrected chi connectivity index (χ0v) is 9.02. The molecule has 3 nitrogen and oxygen atoms in total. The van der Waals surface area contributed by atoms with Gasteiger partial charge in [0.1, 0.15) is 0 Å². The Morgan fingerprint density at radius 1 is 1.56 bits per heavy atom. The van der Waals surface area contributed by atoms with Crippen LogP contribution in [-0.2, 0) is 11.2 Å². The summed E-state index contributed by atoms with van der Waals surface area (Å²) >= 11 is 0. The first-order valence-corrected chi connectivity index (χ1v) is 5.16. The number of hydrogen-bond acceptors (Lipinski definition) is 2. The van der Waals surface area contributed by atoms with E-state index in [-0.39, 0.29) is 6.47 Å². The molecule has 2 rings (SSSR count). The summed E-state index contributed by atoms with van der Waals surface area (Å²) in [6, 6.07) is 9.06. The van der Waals surface area contributed by atoms with Gasteiger partial charge in [-0.1, -0.05) is 30.2 Å². The van der Waals surface area contributed by atoms with E-state index >= 15 is 0 Å². The Hall–Kier alpha value is -1.79. The van der Waals surface area contributed by atoms with E-state index in [2.05, 4.69) is 35.5 Å². The van der Waals surface area contributed by atoms with E-state index in [4.69, 9.17) is 16.3 Å². The summed E-state index contributed by atoms with van der Waals surface area (Å²) < 4.78 is 0. The Bertz CT molecular complexity index is 382. The summed E-state index contributed by atoms with van der Waals surface area (Å²) in [4.78, 5) is 8.36. The van der Waals surface area contributed by atoms with Gasteiger partial charge >= 0.3 is 0 Å². The zero-order chi connectivity index (χ0) is 11.8. The predicted molar refractivity (Wildman–Crippen MR) is 63.0 cm³/mol. The molecule has 0 radical (unpaired) electrons. The van der Waals surface area contributed by atoms with Crippen LogP contribution < -0.4 is 5.32 Å². The van der Waals surface area contributed by atoms with Gasteiger partial charge in [0.2, 0.25) is 0 Å². The molecule has 1 atom stereocenters. The van der Waals surface area contributed by atoms with Crippen LogP contribution in [0.25, 0.3) is 0 Å².